The zero-order valence-electron chi connectivity index (χ0n) is 16.1. The molecule has 7 nitrogen and oxygen atoms in total. The quantitative estimate of drug-likeness (QED) is 0.516. The number of nitrogens with zero attached hydrogens (tertiary/aromatic N) is 2. The molecule has 1 aliphatic carbocycles. The number of carbonyl (C=O) groups is 2. The highest BCUT2D eigenvalue weighted by atomic mass is 32.1. The first-order valence-corrected chi connectivity index (χ1v) is 10.3. The van der Waals surface area contributed by atoms with Gasteiger partial charge in [0.2, 0.25) is 0 Å². The third-order valence-corrected chi connectivity index (χ3v) is 6.20. The Morgan fingerprint density at radius 3 is 2.45 bits per heavy atom. The molecule has 29 heavy (non-hydrogen) atoms. The average molecular weight is 411 g/mol. The molecule has 1 aliphatic rings. The molecule has 0 radical (unpaired) electrons. The summed E-state index contributed by atoms with van der Waals surface area (Å²) < 4.78 is 9.98. The van der Waals surface area contributed by atoms with E-state index in [2.05, 4.69) is 14.7 Å². The minimum Gasteiger partial charge on any atom is -0.465 e. The first-order valence-electron chi connectivity index (χ1n) is 9.49. The fourth-order valence-corrected chi connectivity index (χ4v) is 4.83. The van der Waals surface area contributed by atoms with E-state index in [9.17, 15) is 9.59 Å². The molecule has 0 saturated carbocycles. The summed E-state index contributed by atoms with van der Waals surface area (Å²) in [6.45, 7) is -0.0692. The van der Waals surface area contributed by atoms with Gasteiger partial charge in [-0.3, -0.25) is 0 Å². The Morgan fingerprint density at radius 2 is 1.72 bits per heavy atom. The van der Waals surface area contributed by atoms with E-state index in [1.54, 1.807) is 11.3 Å². The standard InChI is InChI=1S/C21H21N3O4S/c1-27-20(25)12-7-9-13(10-8-12)21(26)28-11-16-23-18(22)17-14-5-3-2-4-6-15(14)29-19(17)24-16/h7-10H,2-6,11H2,1H3,(H2,22,23,24). The van der Waals surface area contributed by atoms with Crippen LogP contribution in [-0.2, 0) is 28.9 Å². The molecule has 0 saturated heterocycles. The average Bonchev–Trinajstić information content (AvgIpc) is 2.93. The van der Waals surface area contributed by atoms with Crippen LogP contribution >= 0.6 is 11.3 Å². The predicted molar refractivity (Wildman–Crippen MR) is 110 cm³/mol. The lowest BCUT2D eigenvalue weighted by atomic mass is 10.1. The molecule has 2 N–H and O–H groups in total. The van der Waals surface area contributed by atoms with Crippen LogP contribution in [0.3, 0.4) is 0 Å². The second-order valence-electron chi connectivity index (χ2n) is 6.91. The van der Waals surface area contributed by atoms with Crippen molar-refractivity contribution in [2.24, 2.45) is 0 Å². The smallest absolute Gasteiger partial charge is 0.338 e. The van der Waals surface area contributed by atoms with Crippen molar-refractivity contribution in [3.05, 3.63) is 51.7 Å². The molecule has 150 valence electrons. The van der Waals surface area contributed by atoms with Crippen LogP contribution < -0.4 is 5.73 Å². The third kappa shape index (κ3) is 3.93. The highest BCUT2D eigenvalue weighted by molar-refractivity contribution is 7.19. The molecule has 0 bridgehead atoms. The summed E-state index contributed by atoms with van der Waals surface area (Å²) in [7, 11) is 1.30. The van der Waals surface area contributed by atoms with Crippen LogP contribution in [0.4, 0.5) is 5.82 Å². The summed E-state index contributed by atoms with van der Waals surface area (Å²) in [4.78, 5) is 34.9. The van der Waals surface area contributed by atoms with E-state index in [0.717, 1.165) is 29.5 Å². The minimum absolute atomic E-state index is 0.0692. The van der Waals surface area contributed by atoms with Gasteiger partial charge in [-0.15, -0.1) is 11.3 Å². The van der Waals surface area contributed by atoms with Gasteiger partial charge >= 0.3 is 11.9 Å². The molecule has 0 aliphatic heterocycles. The summed E-state index contributed by atoms with van der Waals surface area (Å²) in [5.74, 6) is -0.157. The van der Waals surface area contributed by atoms with Crippen LogP contribution in [0.1, 0.15) is 56.2 Å². The maximum atomic E-state index is 12.3. The van der Waals surface area contributed by atoms with E-state index in [1.807, 2.05) is 0 Å². The number of benzene rings is 1. The summed E-state index contributed by atoms with van der Waals surface area (Å²) in [5, 5.41) is 0.959. The fraction of sp³-hybridized carbons (Fsp3) is 0.333. The molecular weight excluding hydrogens is 390 g/mol. The Hall–Kier alpha value is -3.00. The maximum Gasteiger partial charge on any atom is 0.338 e. The van der Waals surface area contributed by atoms with Gasteiger partial charge in [-0.2, -0.15) is 0 Å². The Balaban J connectivity index is 1.49. The zero-order valence-corrected chi connectivity index (χ0v) is 16.9. The van der Waals surface area contributed by atoms with Gasteiger partial charge in [0.05, 0.1) is 23.6 Å². The predicted octanol–water partition coefficient (Wildman–Crippen LogP) is 3.69. The number of methoxy groups -OCH3 is 1. The number of fused-ring (bicyclic) bond motifs is 3. The molecule has 2 heterocycles. The lowest BCUT2D eigenvalue weighted by Crippen LogP contribution is -2.09. The Morgan fingerprint density at radius 1 is 1.03 bits per heavy atom. The van der Waals surface area contributed by atoms with Crippen LogP contribution in [0.25, 0.3) is 10.2 Å². The number of ether oxygens (including phenoxy) is 2. The molecule has 8 heteroatoms. The molecule has 0 atom stereocenters. The van der Waals surface area contributed by atoms with E-state index in [0.29, 0.717) is 22.8 Å². The third-order valence-electron chi connectivity index (χ3n) is 5.01. The van der Waals surface area contributed by atoms with Crippen molar-refractivity contribution in [3.8, 4) is 0 Å². The van der Waals surface area contributed by atoms with Gasteiger partial charge in [0.1, 0.15) is 10.6 Å². The van der Waals surface area contributed by atoms with Crippen LogP contribution in [0, 0.1) is 0 Å². The summed E-state index contributed by atoms with van der Waals surface area (Å²) in [6.07, 6.45) is 5.65. The van der Waals surface area contributed by atoms with Crippen LogP contribution in [0.15, 0.2) is 24.3 Å². The van der Waals surface area contributed by atoms with E-state index < -0.39 is 11.9 Å². The van der Waals surface area contributed by atoms with Crippen LogP contribution in [0.2, 0.25) is 0 Å². The van der Waals surface area contributed by atoms with Gasteiger partial charge in [0.25, 0.3) is 0 Å². The van der Waals surface area contributed by atoms with Gasteiger partial charge < -0.3 is 15.2 Å². The van der Waals surface area contributed by atoms with E-state index in [1.165, 1.54) is 54.7 Å². The monoisotopic (exact) mass is 411 g/mol. The number of anilines is 1. The molecule has 0 spiro atoms. The number of carbonyl (C=O) groups excluding carboxylic acids is 2. The number of aromatic nitrogens is 2. The molecule has 1 aromatic carbocycles. The maximum absolute atomic E-state index is 12.3. The lowest BCUT2D eigenvalue weighted by molar-refractivity contribution is 0.0461. The van der Waals surface area contributed by atoms with E-state index >= 15 is 0 Å². The molecule has 2 aromatic heterocycles. The number of aryl methyl sites for hydroxylation is 2. The van der Waals surface area contributed by atoms with E-state index in [4.69, 9.17) is 10.5 Å². The molecule has 4 rings (SSSR count). The number of esters is 2. The Bertz CT molecular complexity index is 1080. The topological polar surface area (TPSA) is 104 Å². The van der Waals surface area contributed by atoms with E-state index in [-0.39, 0.29) is 6.61 Å². The largest absolute Gasteiger partial charge is 0.465 e. The van der Waals surface area contributed by atoms with Gasteiger partial charge in [-0.05, 0) is 55.5 Å². The number of nitrogen functional groups attached to an aromatic ring is 1. The van der Waals surface area contributed by atoms with Gasteiger partial charge in [0, 0.05) is 4.88 Å². The van der Waals surface area contributed by atoms with Crippen LogP contribution in [-0.4, -0.2) is 29.0 Å². The number of nitrogens with two attached hydrogens (primary N) is 1. The molecule has 3 aromatic rings. The molecule has 0 unspecified atom stereocenters. The second-order valence-corrected chi connectivity index (χ2v) is 8.00. The first kappa shape index (κ1) is 19.3. The number of rotatable bonds is 4. The highest BCUT2D eigenvalue weighted by Crippen LogP contribution is 2.37. The summed E-state index contributed by atoms with van der Waals surface area (Å²) in [5.41, 5.74) is 8.20. The lowest BCUT2D eigenvalue weighted by Gasteiger charge is -2.07. The number of thiophene rings is 1. The van der Waals surface area contributed by atoms with Gasteiger partial charge in [0.15, 0.2) is 12.4 Å². The summed E-state index contributed by atoms with van der Waals surface area (Å²) in [6, 6.07) is 6.07. The highest BCUT2D eigenvalue weighted by Gasteiger charge is 2.20. The SMILES string of the molecule is COC(=O)c1ccc(C(=O)OCc2nc(N)c3c4c(sc3n2)CCCCC4)cc1. The molecule has 0 amide bonds. The minimum atomic E-state index is -0.523. The van der Waals surface area contributed by atoms with Crippen molar-refractivity contribution in [2.75, 3.05) is 12.8 Å². The number of hydrogen-bond donors (Lipinski definition) is 1. The van der Waals surface area contributed by atoms with Crippen molar-refractivity contribution >= 4 is 39.3 Å². The van der Waals surface area contributed by atoms with Crippen LogP contribution in [0.5, 0.6) is 0 Å². The normalized spacial score (nSPS) is 13.6. The Labute approximate surface area is 171 Å². The van der Waals surface area contributed by atoms with Crippen molar-refractivity contribution in [1.29, 1.82) is 0 Å². The van der Waals surface area contributed by atoms with Gasteiger partial charge in [-0.1, -0.05) is 6.42 Å². The van der Waals surface area contributed by atoms with Gasteiger partial charge in [-0.25, -0.2) is 19.6 Å². The molecular formula is C21H21N3O4S. The van der Waals surface area contributed by atoms with Crippen molar-refractivity contribution in [1.82, 2.24) is 9.97 Å². The van der Waals surface area contributed by atoms with Crippen molar-refractivity contribution in [3.63, 3.8) is 0 Å². The second kappa shape index (κ2) is 8.16. The first-order chi connectivity index (χ1) is 14.1. The Kier molecular flexibility index (Phi) is 5.44. The summed E-state index contributed by atoms with van der Waals surface area (Å²) >= 11 is 1.66. The molecule has 0 fully saturated rings. The van der Waals surface area contributed by atoms with Crippen molar-refractivity contribution < 1.29 is 19.1 Å². The number of hydrogen-bond acceptors (Lipinski definition) is 8. The fourth-order valence-electron chi connectivity index (χ4n) is 3.55. The zero-order chi connectivity index (χ0) is 20.4. The van der Waals surface area contributed by atoms with Crippen molar-refractivity contribution in [2.45, 2.75) is 38.7 Å².